The summed E-state index contributed by atoms with van der Waals surface area (Å²) in [5, 5.41) is 2.53. The van der Waals surface area contributed by atoms with Crippen LogP contribution in [0.2, 0.25) is 0 Å². The number of para-hydroxylation sites is 1. The van der Waals surface area contributed by atoms with Crippen LogP contribution in [-0.2, 0) is 0 Å². The number of ether oxygens (including phenoxy) is 1. The van der Waals surface area contributed by atoms with E-state index in [0.717, 1.165) is 6.07 Å². The molecule has 0 bridgehead atoms. The third kappa shape index (κ3) is 3.83. The second kappa shape index (κ2) is 5.16. The number of carbonyl (C=O) groups is 1. The summed E-state index contributed by atoms with van der Waals surface area (Å²) in [6.07, 6.45) is -4.85. The van der Waals surface area contributed by atoms with Gasteiger partial charge in [-0.25, -0.2) is 0 Å². The number of hydrogen-bond acceptors (Lipinski definition) is 3. The monoisotopic (exact) mass is 262 g/mol. The first-order chi connectivity index (χ1) is 8.20. The van der Waals surface area contributed by atoms with Gasteiger partial charge in [0.1, 0.15) is 0 Å². The lowest BCUT2D eigenvalue weighted by Gasteiger charge is -2.14. The van der Waals surface area contributed by atoms with Gasteiger partial charge in [-0.1, -0.05) is 6.07 Å². The Morgan fingerprint density at radius 1 is 1.39 bits per heavy atom. The number of nitrogens with two attached hydrogens (primary N) is 1. The normalized spacial score (nSPS) is 11.4. The van der Waals surface area contributed by atoms with Crippen molar-refractivity contribution in [3.8, 4) is 5.75 Å². The quantitative estimate of drug-likeness (QED) is 0.821. The third-order valence-corrected chi connectivity index (χ3v) is 1.96. The maximum absolute atomic E-state index is 12.1. The summed E-state index contributed by atoms with van der Waals surface area (Å²) in [5.41, 5.74) is 5.09. The number of nitrogens with one attached hydrogen (secondary N) is 1. The minimum Gasteiger partial charge on any atom is -0.404 e. The third-order valence-electron chi connectivity index (χ3n) is 1.96. The second-order valence-electron chi connectivity index (χ2n) is 3.89. The topological polar surface area (TPSA) is 64.3 Å². The van der Waals surface area contributed by atoms with Crippen LogP contribution in [0.25, 0.3) is 0 Å². The molecule has 3 N–H and O–H groups in total. The zero-order chi connectivity index (χ0) is 13.9. The van der Waals surface area contributed by atoms with E-state index in [9.17, 15) is 18.0 Å². The molecule has 7 heteroatoms. The standard InChI is InChI=1S/C11H13F3N2O2/c1-6(2)16-10(17)7-4-3-5-8(9(7)15)18-11(12,13)14/h3-6H,15H2,1-2H3,(H,16,17). The predicted molar refractivity (Wildman–Crippen MR) is 60.1 cm³/mol. The van der Waals surface area contributed by atoms with Crippen molar-refractivity contribution in [3.63, 3.8) is 0 Å². The molecule has 0 aliphatic carbocycles. The Hall–Kier alpha value is -1.92. The lowest BCUT2D eigenvalue weighted by molar-refractivity contribution is -0.274. The fourth-order valence-electron chi connectivity index (χ4n) is 1.30. The molecule has 0 saturated carbocycles. The van der Waals surface area contributed by atoms with Gasteiger partial charge in [0.15, 0.2) is 5.75 Å². The van der Waals surface area contributed by atoms with Gasteiger partial charge in [0.05, 0.1) is 11.3 Å². The highest BCUT2D eigenvalue weighted by Gasteiger charge is 2.32. The summed E-state index contributed by atoms with van der Waals surface area (Å²) >= 11 is 0. The summed E-state index contributed by atoms with van der Waals surface area (Å²) < 4.78 is 40.0. The average Bonchev–Trinajstić information content (AvgIpc) is 2.18. The lowest BCUT2D eigenvalue weighted by atomic mass is 10.1. The molecule has 0 aromatic heterocycles. The molecule has 0 fully saturated rings. The van der Waals surface area contributed by atoms with Gasteiger partial charge in [-0.2, -0.15) is 0 Å². The number of anilines is 1. The van der Waals surface area contributed by atoms with Crippen LogP contribution in [0.15, 0.2) is 18.2 Å². The van der Waals surface area contributed by atoms with Crippen LogP contribution in [0.4, 0.5) is 18.9 Å². The molecule has 100 valence electrons. The summed E-state index contributed by atoms with van der Waals surface area (Å²) in [6, 6.07) is 3.50. The Bertz CT molecular complexity index is 444. The van der Waals surface area contributed by atoms with Crippen molar-refractivity contribution in [2.24, 2.45) is 0 Å². The molecule has 0 unspecified atom stereocenters. The molecule has 1 rings (SSSR count). The van der Waals surface area contributed by atoms with Crippen LogP contribution in [0.3, 0.4) is 0 Å². The van der Waals surface area contributed by atoms with Crippen molar-refractivity contribution in [3.05, 3.63) is 23.8 Å². The van der Waals surface area contributed by atoms with E-state index < -0.39 is 18.0 Å². The number of benzene rings is 1. The van der Waals surface area contributed by atoms with Crippen LogP contribution in [0, 0.1) is 0 Å². The first-order valence-corrected chi connectivity index (χ1v) is 5.16. The van der Waals surface area contributed by atoms with Crippen molar-refractivity contribution in [1.29, 1.82) is 0 Å². The number of amides is 1. The smallest absolute Gasteiger partial charge is 0.404 e. The Morgan fingerprint density at radius 2 is 2.00 bits per heavy atom. The van der Waals surface area contributed by atoms with E-state index >= 15 is 0 Å². The van der Waals surface area contributed by atoms with Gasteiger partial charge >= 0.3 is 6.36 Å². The zero-order valence-corrected chi connectivity index (χ0v) is 9.84. The molecule has 1 aromatic carbocycles. The van der Waals surface area contributed by atoms with E-state index in [4.69, 9.17) is 5.73 Å². The molecule has 0 spiro atoms. The molecule has 0 aliphatic heterocycles. The van der Waals surface area contributed by atoms with Crippen molar-refractivity contribution in [2.45, 2.75) is 26.3 Å². The maximum Gasteiger partial charge on any atom is 0.573 e. The van der Waals surface area contributed by atoms with Gasteiger partial charge in [-0.15, -0.1) is 13.2 Å². The summed E-state index contributed by atoms with van der Waals surface area (Å²) in [5.74, 6) is -1.13. The van der Waals surface area contributed by atoms with Crippen LogP contribution in [0.5, 0.6) is 5.75 Å². The number of hydrogen-bond donors (Lipinski definition) is 2. The van der Waals surface area contributed by atoms with Crippen molar-refractivity contribution < 1.29 is 22.7 Å². The first kappa shape index (κ1) is 14.1. The van der Waals surface area contributed by atoms with Crippen molar-refractivity contribution in [2.75, 3.05) is 5.73 Å². The summed E-state index contributed by atoms with van der Waals surface area (Å²) in [7, 11) is 0. The highest BCUT2D eigenvalue weighted by Crippen LogP contribution is 2.30. The van der Waals surface area contributed by atoms with E-state index in [1.54, 1.807) is 13.8 Å². The first-order valence-electron chi connectivity index (χ1n) is 5.16. The Kier molecular flexibility index (Phi) is 4.05. The van der Waals surface area contributed by atoms with E-state index in [0.29, 0.717) is 0 Å². The Labute approximate surface area is 102 Å². The number of carbonyl (C=O) groups excluding carboxylic acids is 1. The van der Waals surface area contributed by atoms with Gasteiger partial charge in [-0.3, -0.25) is 4.79 Å². The molecule has 0 heterocycles. The lowest BCUT2D eigenvalue weighted by Crippen LogP contribution is -2.31. The molecular formula is C11H13F3N2O2. The van der Waals surface area contributed by atoms with E-state index in [-0.39, 0.29) is 17.3 Å². The highest BCUT2D eigenvalue weighted by molar-refractivity contribution is 6.00. The highest BCUT2D eigenvalue weighted by atomic mass is 19.4. The van der Waals surface area contributed by atoms with E-state index in [1.165, 1.54) is 12.1 Å². The van der Waals surface area contributed by atoms with Crippen LogP contribution >= 0.6 is 0 Å². The van der Waals surface area contributed by atoms with Crippen molar-refractivity contribution >= 4 is 11.6 Å². The fourth-order valence-corrected chi connectivity index (χ4v) is 1.30. The van der Waals surface area contributed by atoms with Crippen LogP contribution in [-0.4, -0.2) is 18.3 Å². The zero-order valence-electron chi connectivity index (χ0n) is 9.84. The molecule has 0 saturated heterocycles. The number of alkyl halides is 3. The molecule has 0 radical (unpaired) electrons. The number of halogens is 3. The van der Waals surface area contributed by atoms with Crippen LogP contribution < -0.4 is 15.8 Å². The minimum atomic E-state index is -4.85. The Morgan fingerprint density at radius 3 is 2.50 bits per heavy atom. The van der Waals surface area contributed by atoms with E-state index in [2.05, 4.69) is 10.1 Å². The molecule has 18 heavy (non-hydrogen) atoms. The van der Waals surface area contributed by atoms with Gasteiger partial charge in [-0.05, 0) is 26.0 Å². The average molecular weight is 262 g/mol. The van der Waals surface area contributed by atoms with Gasteiger partial charge in [0, 0.05) is 6.04 Å². The predicted octanol–water partition coefficient (Wildman–Crippen LogP) is 2.31. The van der Waals surface area contributed by atoms with E-state index in [1.807, 2.05) is 0 Å². The molecule has 1 amide bonds. The van der Waals surface area contributed by atoms with Gasteiger partial charge in [0.2, 0.25) is 0 Å². The minimum absolute atomic E-state index is 0.0505. The SMILES string of the molecule is CC(C)NC(=O)c1cccc(OC(F)(F)F)c1N. The summed E-state index contributed by atoms with van der Waals surface area (Å²) in [6.45, 7) is 3.45. The Balaban J connectivity index is 3.02. The van der Waals surface area contributed by atoms with Gasteiger partial charge in [0.25, 0.3) is 5.91 Å². The molecule has 4 nitrogen and oxygen atoms in total. The largest absolute Gasteiger partial charge is 0.573 e. The van der Waals surface area contributed by atoms with Crippen LogP contribution in [0.1, 0.15) is 24.2 Å². The molecule has 0 aliphatic rings. The number of rotatable bonds is 3. The fraction of sp³-hybridized carbons (Fsp3) is 0.364. The summed E-state index contributed by atoms with van der Waals surface area (Å²) in [4.78, 5) is 11.7. The molecule has 1 aromatic rings. The molecular weight excluding hydrogens is 249 g/mol. The number of nitrogen functional groups attached to an aromatic ring is 1. The van der Waals surface area contributed by atoms with Gasteiger partial charge < -0.3 is 15.8 Å². The second-order valence-corrected chi connectivity index (χ2v) is 3.89. The molecule has 0 atom stereocenters. The maximum atomic E-state index is 12.1. The van der Waals surface area contributed by atoms with Crippen molar-refractivity contribution in [1.82, 2.24) is 5.32 Å².